The van der Waals surface area contributed by atoms with Crippen molar-refractivity contribution in [2.24, 2.45) is 0 Å². The van der Waals surface area contributed by atoms with E-state index in [1.807, 2.05) is 31.2 Å². The van der Waals surface area contributed by atoms with Crippen molar-refractivity contribution >= 4 is 11.6 Å². The summed E-state index contributed by atoms with van der Waals surface area (Å²) in [5.74, 6) is 0.649. The molecular formula is C12H12N4O. The van der Waals surface area contributed by atoms with E-state index >= 15 is 0 Å². The molecule has 0 spiro atoms. The molecule has 5 heteroatoms. The van der Waals surface area contributed by atoms with Gasteiger partial charge in [-0.2, -0.15) is 0 Å². The van der Waals surface area contributed by atoms with Crippen LogP contribution >= 0.6 is 0 Å². The molecule has 1 aromatic heterocycles. The van der Waals surface area contributed by atoms with Crippen molar-refractivity contribution in [3.63, 3.8) is 0 Å². The molecule has 0 unspecified atom stereocenters. The van der Waals surface area contributed by atoms with E-state index in [4.69, 9.17) is 0 Å². The third-order valence-electron chi connectivity index (χ3n) is 2.88. The smallest absolute Gasteiger partial charge is 0.217 e. The highest BCUT2D eigenvalue weighted by atomic mass is 16.1. The van der Waals surface area contributed by atoms with E-state index in [0.717, 1.165) is 24.5 Å². The Morgan fingerprint density at radius 3 is 2.88 bits per heavy atom. The largest absolute Gasteiger partial charge is 0.366 e. The van der Waals surface area contributed by atoms with Crippen LogP contribution in [0.25, 0.3) is 0 Å². The van der Waals surface area contributed by atoms with Gasteiger partial charge in [-0.05, 0) is 6.92 Å². The lowest BCUT2D eigenvalue weighted by Gasteiger charge is -2.00. The van der Waals surface area contributed by atoms with Crippen molar-refractivity contribution in [2.75, 3.05) is 11.9 Å². The molecule has 17 heavy (non-hydrogen) atoms. The highest BCUT2D eigenvalue weighted by Gasteiger charge is 2.23. The van der Waals surface area contributed by atoms with Gasteiger partial charge < -0.3 is 5.32 Å². The van der Waals surface area contributed by atoms with Crippen LogP contribution in [0.5, 0.6) is 0 Å². The van der Waals surface area contributed by atoms with Gasteiger partial charge in [0.05, 0.1) is 6.54 Å². The summed E-state index contributed by atoms with van der Waals surface area (Å²) >= 11 is 0. The first-order valence-corrected chi connectivity index (χ1v) is 5.54. The summed E-state index contributed by atoms with van der Waals surface area (Å²) in [6.07, 6.45) is 0. The zero-order chi connectivity index (χ0) is 11.8. The summed E-state index contributed by atoms with van der Waals surface area (Å²) in [4.78, 5) is 12.2. The van der Waals surface area contributed by atoms with Gasteiger partial charge in [-0.15, -0.1) is 5.10 Å². The molecule has 2 aromatic rings. The van der Waals surface area contributed by atoms with E-state index in [1.165, 1.54) is 0 Å². The average molecular weight is 228 g/mol. The monoisotopic (exact) mass is 228 g/mol. The van der Waals surface area contributed by atoms with Crippen LogP contribution in [0, 0.1) is 6.92 Å². The third kappa shape index (κ3) is 1.60. The Morgan fingerprint density at radius 2 is 2.12 bits per heavy atom. The Morgan fingerprint density at radius 1 is 1.35 bits per heavy atom. The summed E-state index contributed by atoms with van der Waals surface area (Å²) in [7, 11) is 0. The molecule has 0 bridgehead atoms. The molecule has 0 fully saturated rings. The fraction of sp³-hybridized carbons (Fsp3) is 0.250. The Kier molecular flexibility index (Phi) is 2.18. The van der Waals surface area contributed by atoms with Crippen molar-refractivity contribution in [3.8, 4) is 0 Å². The van der Waals surface area contributed by atoms with Crippen molar-refractivity contribution in [3.05, 3.63) is 41.1 Å². The first-order chi connectivity index (χ1) is 8.25. The SMILES string of the molecule is Cc1ccc(C(=O)c2nnn3c2NCC3)cc1. The molecule has 0 saturated carbocycles. The van der Waals surface area contributed by atoms with E-state index in [2.05, 4.69) is 15.6 Å². The normalized spacial score (nSPS) is 13.2. The number of fused-ring (bicyclic) bond motifs is 1. The average Bonchev–Trinajstić information content (AvgIpc) is 2.90. The molecule has 5 nitrogen and oxygen atoms in total. The molecule has 1 aliphatic heterocycles. The highest BCUT2D eigenvalue weighted by molar-refractivity contribution is 6.10. The Balaban J connectivity index is 1.99. The number of hydrogen-bond donors (Lipinski definition) is 1. The van der Waals surface area contributed by atoms with Gasteiger partial charge >= 0.3 is 0 Å². The lowest BCUT2D eigenvalue weighted by Crippen LogP contribution is -2.06. The molecule has 86 valence electrons. The molecule has 0 amide bonds. The van der Waals surface area contributed by atoms with Crippen LogP contribution in [0.15, 0.2) is 24.3 Å². The number of nitrogens with zero attached hydrogens (tertiary/aromatic N) is 3. The van der Waals surface area contributed by atoms with Crippen LogP contribution in [-0.2, 0) is 6.54 Å². The highest BCUT2D eigenvalue weighted by Crippen LogP contribution is 2.20. The maximum Gasteiger partial charge on any atom is 0.217 e. The predicted octanol–water partition coefficient (Wildman–Crippen LogP) is 1.24. The van der Waals surface area contributed by atoms with Crippen molar-refractivity contribution in [1.82, 2.24) is 15.0 Å². The van der Waals surface area contributed by atoms with Crippen LogP contribution in [-0.4, -0.2) is 27.3 Å². The molecule has 1 aromatic carbocycles. The van der Waals surface area contributed by atoms with Crippen molar-refractivity contribution in [1.29, 1.82) is 0 Å². The lowest BCUT2D eigenvalue weighted by molar-refractivity contribution is 0.103. The van der Waals surface area contributed by atoms with Gasteiger partial charge in [0.2, 0.25) is 5.78 Å². The second-order valence-corrected chi connectivity index (χ2v) is 4.13. The summed E-state index contributed by atoms with van der Waals surface area (Å²) in [5.41, 5.74) is 2.19. The van der Waals surface area contributed by atoms with Crippen LogP contribution in [0.2, 0.25) is 0 Å². The number of carbonyl (C=O) groups excluding carboxylic acids is 1. The van der Waals surface area contributed by atoms with Gasteiger partial charge in [0, 0.05) is 12.1 Å². The molecule has 0 radical (unpaired) electrons. The zero-order valence-electron chi connectivity index (χ0n) is 9.47. The third-order valence-corrected chi connectivity index (χ3v) is 2.88. The minimum absolute atomic E-state index is 0.0827. The minimum Gasteiger partial charge on any atom is -0.366 e. The molecule has 1 N–H and O–H groups in total. The van der Waals surface area contributed by atoms with Gasteiger partial charge in [0.15, 0.2) is 11.5 Å². The van der Waals surface area contributed by atoms with Gasteiger partial charge in [-0.1, -0.05) is 35.0 Å². The molecule has 0 saturated heterocycles. The minimum atomic E-state index is -0.0827. The standard InChI is InChI=1S/C12H12N4O/c1-8-2-4-9(5-3-8)11(17)10-12-13-6-7-16(12)15-14-10/h2-5,13H,6-7H2,1H3. The molecule has 1 aliphatic rings. The van der Waals surface area contributed by atoms with Crippen molar-refractivity contribution in [2.45, 2.75) is 13.5 Å². The molecule has 2 heterocycles. The van der Waals surface area contributed by atoms with E-state index in [1.54, 1.807) is 4.68 Å². The first-order valence-electron chi connectivity index (χ1n) is 5.54. The van der Waals surface area contributed by atoms with Crippen LogP contribution in [0.3, 0.4) is 0 Å². The topological polar surface area (TPSA) is 59.8 Å². The predicted molar refractivity (Wildman–Crippen MR) is 63.1 cm³/mol. The van der Waals surface area contributed by atoms with Crippen LogP contribution in [0.4, 0.5) is 5.82 Å². The quantitative estimate of drug-likeness (QED) is 0.786. The van der Waals surface area contributed by atoms with Gasteiger partial charge in [-0.25, -0.2) is 4.68 Å². The van der Waals surface area contributed by atoms with E-state index in [0.29, 0.717) is 11.3 Å². The number of anilines is 1. The Hall–Kier alpha value is -2.17. The maximum absolute atomic E-state index is 12.2. The van der Waals surface area contributed by atoms with Crippen LogP contribution < -0.4 is 5.32 Å². The van der Waals surface area contributed by atoms with Gasteiger partial charge in [0.1, 0.15) is 0 Å². The Bertz CT molecular complexity index is 571. The number of aryl methyl sites for hydroxylation is 1. The van der Waals surface area contributed by atoms with E-state index in [9.17, 15) is 4.79 Å². The fourth-order valence-electron chi connectivity index (χ4n) is 1.92. The number of rotatable bonds is 2. The van der Waals surface area contributed by atoms with E-state index < -0.39 is 0 Å². The summed E-state index contributed by atoms with van der Waals surface area (Å²) < 4.78 is 1.72. The van der Waals surface area contributed by atoms with Gasteiger partial charge in [-0.3, -0.25) is 4.79 Å². The summed E-state index contributed by atoms with van der Waals surface area (Å²) in [6.45, 7) is 3.56. The number of benzene rings is 1. The summed E-state index contributed by atoms with van der Waals surface area (Å²) in [5, 5.41) is 11.0. The number of nitrogens with one attached hydrogen (secondary N) is 1. The second kappa shape index (κ2) is 3.69. The number of hydrogen-bond acceptors (Lipinski definition) is 4. The second-order valence-electron chi connectivity index (χ2n) is 4.13. The summed E-state index contributed by atoms with van der Waals surface area (Å²) in [6, 6.07) is 7.48. The van der Waals surface area contributed by atoms with Crippen molar-refractivity contribution < 1.29 is 4.79 Å². The fourth-order valence-corrected chi connectivity index (χ4v) is 1.92. The molecular weight excluding hydrogens is 216 g/mol. The number of carbonyl (C=O) groups is 1. The molecule has 3 rings (SSSR count). The number of aromatic nitrogens is 3. The lowest BCUT2D eigenvalue weighted by atomic mass is 10.1. The Labute approximate surface area is 98.4 Å². The zero-order valence-corrected chi connectivity index (χ0v) is 9.47. The van der Waals surface area contributed by atoms with E-state index in [-0.39, 0.29) is 5.78 Å². The number of ketones is 1. The maximum atomic E-state index is 12.2. The van der Waals surface area contributed by atoms with Crippen LogP contribution in [0.1, 0.15) is 21.6 Å². The molecule has 0 atom stereocenters. The molecule has 0 aliphatic carbocycles. The van der Waals surface area contributed by atoms with Gasteiger partial charge in [0.25, 0.3) is 0 Å². The first kappa shape index (κ1) is 10.0.